The van der Waals surface area contributed by atoms with Crippen LogP contribution in [-0.4, -0.2) is 131 Å². The number of urea groups is 1. The molecule has 3 aromatic carbocycles. The Kier molecular flexibility index (Phi) is 28.4. The zero-order chi connectivity index (χ0) is 63.5. The first-order chi connectivity index (χ1) is 40.8. The third kappa shape index (κ3) is 23.8. The van der Waals surface area contributed by atoms with Crippen LogP contribution in [0.4, 0.5) is 26.4 Å². The number of hydrogen-bond donors (Lipinski definition) is 12. The van der Waals surface area contributed by atoms with Crippen molar-refractivity contribution in [1.29, 1.82) is 0 Å². The van der Waals surface area contributed by atoms with Crippen molar-refractivity contribution in [2.75, 3.05) is 22.9 Å². The van der Waals surface area contributed by atoms with Crippen LogP contribution in [-0.2, 0) is 47.9 Å². The number of fused-ring (bicyclic) bond motifs is 1. The van der Waals surface area contributed by atoms with Gasteiger partial charge in [-0.1, -0.05) is 75.3 Å². The van der Waals surface area contributed by atoms with Gasteiger partial charge >= 0.3 is 35.9 Å². The smallest absolute Gasteiger partial charge is 0.326 e. The number of aryl methyl sites for hydroxylation is 1. The van der Waals surface area contributed by atoms with Crippen LogP contribution >= 0.6 is 0 Å². The Labute approximate surface area is 494 Å². The summed E-state index contributed by atoms with van der Waals surface area (Å²) < 4.78 is 15.5. The molecule has 26 nitrogen and oxygen atoms in total. The second-order valence-corrected chi connectivity index (χ2v) is 21.1. The number of nitrogen functional groups attached to an aromatic ring is 1. The molecule has 466 valence electrons. The van der Waals surface area contributed by atoms with Crippen LogP contribution < -0.4 is 38.1 Å². The molecule has 0 unspecified atom stereocenters. The zero-order valence-corrected chi connectivity index (χ0v) is 47.8. The Hall–Kier alpha value is -9.14. The number of unbranched alkanes of at least 4 members (excludes halogenated alkanes) is 8. The number of aliphatic carboxylic acids is 5. The van der Waals surface area contributed by atoms with E-state index >= 15 is 0 Å². The summed E-state index contributed by atoms with van der Waals surface area (Å²) in [6, 6.07) is 11.8. The topological polar surface area (TPSA) is 436 Å². The van der Waals surface area contributed by atoms with Crippen molar-refractivity contribution in [2.45, 2.75) is 160 Å². The Morgan fingerprint density at radius 2 is 1.15 bits per heavy atom. The summed E-state index contributed by atoms with van der Waals surface area (Å²) in [4.78, 5) is 147. The largest absolute Gasteiger partial charge is 0.481 e. The molecule has 0 saturated carbocycles. The van der Waals surface area contributed by atoms with Crippen LogP contribution in [0.1, 0.15) is 145 Å². The summed E-state index contributed by atoms with van der Waals surface area (Å²) in [6.45, 7) is 2.12. The van der Waals surface area contributed by atoms with E-state index in [1.54, 1.807) is 43.3 Å². The lowest BCUT2D eigenvalue weighted by molar-refractivity contribution is -0.145. The summed E-state index contributed by atoms with van der Waals surface area (Å²) in [5, 5.41) is 64.2. The Bertz CT molecular complexity index is 3080. The predicted octanol–water partition coefficient (Wildman–Crippen LogP) is 6.42. The van der Waals surface area contributed by atoms with Crippen molar-refractivity contribution in [3.63, 3.8) is 0 Å². The lowest BCUT2D eigenvalue weighted by atomic mass is 9.93. The highest BCUT2D eigenvalue weighted by molar-refractivity contribution is 6.06. The quantitative estimate of drug-likeness (QED) is 0.0214. The molecule has 1 heterocycles. The van der Waals surface area contributed by atoms with Crippen molar-refractivity contribution in [2.24, 2.45) is 17.6 Å². The standard InChI is InChI=1S/C59H76FN9O17/c1-34-15-23-41(60)45(30-34)67-59(86)64-38-20-16-35(17-21-38)40-12-11-13-46-53(40)54(62)68-69(46)51(75)14-9-7-5-3-2-4-6-8-10-29-63-50(74)33-42(61)47(71)32-37(56(80)81)19-27-49(73)65-43(57(82)83)24-22-39(70)31-36(55(78)79)18-26-48(72)66-44(58(84)85)25-28-52(76)77/h11-13,15-17,20-21,23,30,36-37,42-44H,2-10,14,18-19,22,24-29,31-33,61H2,1H3,(H2,62,68)(H,63,74)(H,65,73)(H,66,72)(H,76,77)(H,78,79)(H,80,81)(H,82,83)(H,84,85)(H2,64,67,86)/t36-,37-,42+,43+,44+/m1/s1. The number of nitrogens with zero attached hydrogens (tertiary/aromatic N) is 2. The maximum Gasteiger partial charge on any atom is 0.326 e. The van der Waals surface area contributed by atoms with Crippen LogP contribution in [0.25, 0.3) is 22.0 Å². The van der Waals surface area contributed by atoms with Gasteiger partial charge in [0.05, 0.1) is 34.5 Å². The Morgan fingerprint density at radius 1 is 0.593 bits per heavy atom. The van der Waals surface area contributed by atoms with Crippen molar-refractivity contribution in [3.8, 4) is 11.1 Å². The van der Waals surface area contributed by atoms with Crippen LogP contribution in [0.2, 0.25) is 0 Å². The second-order valence-electron chi connectivity index (χ2n) is 21.1. The monoisotopic (exact) mass is 1200 g/mol. The molecule has 4 rings (SSSR count). The van der Waals surface area contributed by atoms with E-state index in [9.17, 15) is 82.4 Å². The highest BCUT2D eigenvalue weighted by Gasteiger charge is 2.30. The number of carbonyl (C=O) groups excluding carboxylic acids is 7. The van der Waals surface area contributed by atoms with Gasteiger partial charge in [-0.05, 0) is 92.5 Å². The van der Waals surface area contributed by atoms with Crippen LogP contribution in [0.5, 0.6) is 0 Å². The number of anilines is 3. The molecule has 0 radical (unpaired) electrons. The van der Waals surface area contributed by atoms with Gasteiger partial charge in [0, 0.05) is 63.6 Å². The molecule has 0 bridgehead atoms. The van der Waals surface area contributed by atoms with Gasteiger partial charge in [-0.2, -0.15) is 4.68 Å². The van der Waals surface area contributed by atoms with E-state index in [-0.39, 0.29) is 23.8 Å². The maximum absolute atomic E-state index is 14.1. The van der Waals surface area contributed by atoms with Crippen molar-refractivity contribution >= 4 is 99.2 Å². The maximum atomic E-state index is 14.1. The molecular formula is C59H76FN9O17. The molecule has 86 heavy (non-hydrogen) atoms. The number of aromatic nitrogens is 2. The molecule has 0 aliphatic carbocycles. The van der Waals surface area contributed by atoms with Gasteiger partial charge < -0.3 is 63.6 Å². The average molecular weight is 1200 g/mol. The first-order valence-corrected chi connectivity index (χ1v) is 28.4. The SMILES string of the molecule is Cc1ccc(F)c(NC(=O)Nc2ccc(-c3cccc4c3c(N)nn4C(=O)CCCCCCCCCCCNC(=O)C[C@H](N)C(=O)C[C@@H](CCC(=O)N[C@@H](CCC(=O)C[C@@H](CCC(=O)N[C@@H](CCC(=O)O)C(=O)O)C(=O)O)C(=O)O)C(=O)O)cc2)c1. The van der Waals surface area contributed by atoms with E-state index in [4.69, 9.17) is 16.6 Å². The molecule has 0 saturated heterocycles. The highest BCUT2D eigenvalue weighted by atomic mass is 19.1. The molecule has 4 aromatic rings. The van der Waals surface area contributed by atoms with E-state index in [2.05, 4.69) is 31.7 Å². The van der Waals surface area contributed by atoms with Crippen LogP contribution in [0.15, 0.2) is 60.7 Å². The van der Waals surface area contributed by atoms with Crippen molar-refractivity contribution < 1.29 is 87.5 Å². The average Bonchev–Trinajstić information content (AvgIpc) is 4.04. The van der Waals surface area contributed by atoms with Gasteiger partial charge in [0.25, 0.3) is 0 Å². The molecular weight excluding hydrogens is 1130 g/mol. The number of carbonyl (C=O) groups is 12. The third-order valence-electron chi connectivity index (χ3n) is 14.2. The van der Waals surface area contributed by atoms with Gasteiger partial charge in [0.15, 0.2) is 11.6 Å². The number of amides is 5. The minimum absolute atomic E-state index is 0.0624. The molecule has 0 spiro atoms. The molecule has 0 fully saturated rings. The summed E-state index contributed by atoms with van der Waals surface area (Å²) >= 11 is 0. The first-order valence-electron chi connectivity index (χ1n) is 28.4. The first kappa shape index (κ1) is 69.4. The third-order valence-corrected chi connectivity index (χ3v) is 14.2. The zero-order valence-electron chi connectivity index (χ0n) is 47.8. The van der Waals surface area contributed by atoms with Gasteiger partial charge in [-0.3, -0.25) is 43.2 Å². The number of nitrogens with two attached hydrogens (primary N) is 2. The molecule has 0 aliphatic rings. The summed E-state index contributed by atoms with van der Waals surface area (Å²) in [5.74, 6) is -14.4. The minimum Gasteiger partial charge on any atom is -0.481 e. The number of Topliss-reactive ketones (excluding diaryl/α,β-unsaturated/α-hetero) is 2. The van der Waals surface area contributed by atoms with Gasteiger partial charge in [0.2, 0.25) is 23.6 Å². The number of halogens is 1. The summed E-state index contributed by atoms with van der Waals surface area (Å²) in [6.07, 6.45) is 2.57. The highest BCUT2D eigenvalue weighted by Crippen LogP contribution is 2.34. The number of hydrogen-bond acceptors (Lipinski definition) is 15. The van der Waals surface area contributed by atoms with Gasteiger partial charge in [-0.15, -0.1) is 5.10 Å². The minimum atomic E-state index is -1.64. The molecule has 27 heteroatoms. The number of carboxylic acids is 5. The Morgan fingerprint density at radius 3 is 1.72 bits per heavy atom. The fourth-order valence-corrected chi connectivity index (χ4v) is 9.37. The van der Waals surface area contributed by atoms with E-state index in [1.807, 2.05) is 12.1 Å². The van der Waals surface area contributed by atoms with E-state index in [0.29, 0.717) is 36.0 Å². The molecule has 5 amide bonds. The van der Waals surface area contributed by atoms with Crippen molar-refractivity contribution in [3.05, 3.63) is 72.0 Å². The van der Waals surface area contributed by atoms with Crippen LogP contribution in [0, 0.1) is 24.6 Å². The number of benzene rings is 3. The molecule has 14 N–H and O–H groups in total. The lowest BCUT2D eigenvalue weighted by Crippen LogP contribution is -2.41. The van der Waals surface area contributed by atoms with E-state index in [1.165, 1.54) is 16.8 Å². The molecule has 1 aromatic heterocycles. The molecule has 0 aliphatic heterocycles. The second kappa shape index (κ2) is 35.2. The summed E-state index contributed by atoms with van der Waals surface area (Å²) in [5.41, 5.74) is 15.8. The van der Waals surface area contributed by atoms with Gasteiger partial charge in [-0.25, -0.2) is 18.8 Å². The fourth-order valence-electron chi connectivity index (χ4n) is 9.37. The number of nitrogens with one attached hydrogen (secondary N) is 5. The van der Waals surface area contributed by atoms with E-state index in [0.717, 1.165) is 61.6 Å². The van der Waals surface area contributed by atoms with Crippen LogP contribution in [0.3, 0.4) is 0 Å². The normalized spacial score (nSPS) is 12.8. The number of carboxylic acid groups (broad SMARTS) is 5. The Balaban J connectivity index is 1.06. The van der Waals surface area contributed by atoms with E-state index < -0.39 is 172 Å². The number of ketones is 2. The van der Waals surface area contributed by atoms with Crippen molar-refractivity contribution in [1.82, 2.24) is 25.7 Å². The lowest BCUT2D eigenvalue weighted by Gasteiger charge is -2.17. The van der Waals surface area contributed by atoms with Gasteiger partial charge in [0.1, 0.15) is 23.7 Å². The predicted molar refractivity (Wildman–Crippen MR) is 311 cm³/mol. The number of rotatable bonds is 40. The molecule has 5 atom stereocenters. The fraction of sp³-hybridized carbons (Fsp3) is 0.475. The summed E-state index contributed by atoms with van der Waals surface area (Å²) in [7, 11) is 0.